The number of hydrogen-bond donors (Lipinski definition) is 0. The van der Waals surface area contributed by atoms with E-state index in [-0.39, 0.29) is 28.8 Å². The van der Waals surface area contributed by atoms with Crippen LogP contribution in [-0.2, 0) is 11.3 Å². The van der Waals surface area contributed by atoms with Gasteiger partial charge in [0, 0.05) is 49.6 Å². The zero-order chi connectivity index (χ0) is 21.0. The number of hydrogen-bond acceptors (Lipinski definition) is 3. The Balaban J connectivity index is 1.79. The largest absolute Gasteiger partial charge is 0.337 e. The molecule has 1 unspecified atom stereocenters. The average molecular weight is 418 g/mol. The Bertz CT molecular complexity index is 876. The topological polar surface area (TPSA) is 53.5 Å². The van der Waals surface area contributed by atoms with Crippen LogP contribution in [0.2, 0.25) is 5.02 Å². The fourth-order valence-corrected chi connectivity index (χ4v) is 3.79. The van der Waals surface area contributed by atoms with Gasteiger partial charge in [-0.05, 0) is 42.7 Å². The third kappa shape index (κ3) is 5.12. The number of benzene rings is 1. The SMILES string of the molecule is CC(C)C(=O)N(Cc1cccnc1)C1CCCN(C(=O)c2ccc(F)c(Cl)c2)C1. The molecule has 0 bridgehead atoms. The standard InChI is InChI=1S/C22H25ClFN3O2/c1-15(2)21(28)27(13-16-5-3-9-25-12-16)18-6-4-10-26(14-18)22(29)17-7-8-20(24)19(23)11-17/h3,5,7-9,11-12,15,18H,4,6,10,13-14H2,1-2H3. The number of piperidine rings is 1. The van der Waals surface area contributed by atoms with Gasteiger partial charge in [0.2, 0.25) is 5.91 Å². The summed E-state index contributed by atoms with van der Waals surface area (Å²) in [5, 5.41) is -0.0717. The van der Waals surface area contributed by atoms with Crippen LogP contribution in [0.3, 0.4) is 0 Å². The van der Waals surface area contributed by atoms with Crippen molar-refractivity contribution < 1.29 is 14.0 Å². The van der Waals surface area contributed by atoms with Crippen LogP contribution in [0.25, 0.3) is 0 Å². The molecule has 1 aromatic heterocycles. The number of carbonyl (C=O) groups excluding carboxylic acids is 2. The van der Waals surface area contributed by atoms with Crippen molar-refractivity contribution in [3.8, 4) is 0 Å². The average Bonchev–Trinajstić information content (AvgIpc) is 2.73. The summed E-state index contributed by atoms with van der Waals surface area (Å²) in [6.07, 6.45) is 5.08. The Morgan fingerprint density at radius 2 is 2.14 bits per heavy atom. The zero-order valence-electron chi connectivity index (χ0n) is 16.6. The molecule has 1 aliphatic heterocycles. The summed E-state index contributed by atoms with van der Waals surface area (Å²) in [5.74, 6) is -0.841. The molecule has 1 aromatic carbocycles. The van der Waals surface area contributed by atoms with Crippen LogP contribution >= 0.6 is 11.6 Å². The fourth-order valence-electron chi connectivity index (χ4n) is 3.61. The van der Waals surface area contributed by atoms with E-state index < -0.39 is 5.82 Å². The summed E-state index contributed by atoms with van der Waals surface area (Å²) in [6.45, 7) is 5.25. The first kappa shape index (κ1) is 21.2. The molecular formula is C22H25ClFN3O2. The van der Waals surface area contributed by atoms with E-state index in [4.69, 9.17) is 11.6 Å². The van der Waals surface area contributed by atoms with E-state index in [0.717, 1.165) is 18.4 Å². The van der Waals surface area contributed by atoms with Crippen LogP contribution in [0.5, 0.6) is 0 Å². The van der Waals surface area contributed by atoms with E-state index in [9.17, 15) is 14.0 Å². The van der Waals surface area contributed by atoms with Crippen molar-refractivity contribution in [1.82, 2.24) is 14.8 Å². The van der Waals surface area contributed by atoms with Gasteiger partial charge < -0.3 is 9.80 Å². The Morgan fingerprint density at radius 1 is 1.34 bits per heavy atom. The lowest BCUT2D eigenvalue weighted by molar-refractivity contribution is -0.138. The predicted octanol–water partition coefficient (Wildman–Crippen LogP) is 4.16. The molecule has 29 heavy (non-hydrogen) atoms. The lowest BCUT2D eigenvalue weighted by atomic mass is 10.00. The van der Waals surface area contributed by atoms with Gasteiger partial charge in [0.15, 0.2) is 0 Å². The number of carbonyl (C=O) groups is 2. The van der Waals surface area contributed by atoms with E-state index in [1.807, 2.05) is 30.9 Å². The summed E-state index contributed by atoms with van der Waals surface area (Å²) in [4.78, 5) is 33.6. The first-order chi connectivity index (χ1) is 13.9. The highest BCUT2D eigenvalue weighted by Crippen LogP contribution is 2.23. The second kappa shape index (κ2) is 9.35. The first-order valence-electron chi connectivity index (χ1n) is 9.80. The maximum Gasteiger partial charge on any atom is 0.253 e. The number of amides is 2. The summed E-state index contributed by atoms with van der Waals surface area (Å²) in [6, 6.07) is 7.71. The zero-order valence-corrected chi connectivity index (χ0v) is 17.4. The maximum absolute atomic E-state index is 13.4. The minimum absolute atomic E-state index is 0.0537. The molecule has 0 aliphatic carbocycles. The molecule has 1 saturated heterocycles. The molecule has 0 radical (unpaired) electrons. The highest BCUT2D eigenvalue weighted by atomic mass is 35.5. The predicted molar refractivity (Wildman–Crippen MR) is 110 cm³/mol. The van der Waals surface area contributed by atoms with Crippen LogP contribution in [0, 0.1) is 11.7 Å². The summed E-state index contributed by atoms with van der Waals surface area (Å²) in [5.41, 5.74) is 1.31. The maximum atomic E-state index is 13.4. The van der Waals surface area contributed by atoms with E-state index >= 15 is 0 Å². The molecule has 1 fully saturated rings. The van der Waals surface area contributed by atoms with Gasteiger partial charge in [0.05, 0.1) is 5.02 Å². The molecule has 5 nitrogen and oxygen atoms in total. The number of halogens is 2. The lowest BCUT2D eigenvalue weighted by Gasteiger charge is -2.40. The van der Waals surface area contributed by atoms with Crippen molar-refractivity contribution in [2.75, 3.05) is 13.1 Å². The van der Waals surface area contributed by atoms with Gasteiger partial charge in [-0.25, -0.2) is 4.39 Å². The number of likely N-dealkylation sites (tertiary alicyclic amines) is 1. The van der Waals surface area contributed by atoms with Gasteiger partial charge in [0.1, 0.15) is 5.82 Å². The molecule has 3 rings (SSSR count). The minimum atomic E-state index is -0.551. The van der Waals surface area contributed by atoms with Gasteiger partial charge in [-0.1, -0.05) is 31.5 Å². The van der Waals surface area contributed by atoms with Crippen molar-refractivity contribution in [2.24, 2.45) is 5.92 Å². The van der Waals surface area contributed by atoms with Crippen molar-refractivity contribution >= 4 is 23.4 Å². The van der Waals surface area contributed by atoms with Gasteiger partial charge >= 0.3 is 0 Å². The highest BCUT2D eigenvalue weighted by Gasteiger charge is 2.32. The second-order valence-electron chi connectivity index (χ2n) is 7.66. The Labute approximate surface area is 175 Å². The molecule has 0 saturated carbocycles. The van der Waals surface area contributed by atoms with Gasteiger partial charge in [-0.2, -0.15) is 0 Å². The number of nitrogens with zero attached hydrogens (tertiary/aromatic N) is 3. The van der Waals surface area contributed by atoms with E-state index in [0.29, 0.717) is 25.2 Å². The fraction of sp³-hybridized carbons (Fsp3) is 0.409. The molecule has 154 valence electrons. The number of pyridine rings is 1. The van der Waals surface area contributed by atoms with Crippen LogP contribution in [0.1, 0.15) is 42.6 Å². The van der Waals surface area contributed by atoms with Crippen LogP contribution < -0.4 is 0 Å². The third-order valence-electron chi connectivity index (χ3n) is 5.14. The monoisotopic (exact) mass is 417 g/mol. The summed E-state index contributed by atoms with van der Waals surface area (Å²) in [7, 11) is 0. The number of rotatable bonds is 5. The van der Waals surface area contributed by atoms with Gasteiger partial charge in [-0.15, -0.1) is 0 Å². The van der Waals surface area contributed by atoms with Gasteiger partial charge in [0.25, 0.3) is 5.91 Å². The molecule has 1 atom stereocenters. The normalized spacial score (nSPS) is 16.7. The molecule has 0 N–H and O–H groups in total. The van der Waals surface area contributed by atoms with Crippen molar-refractivity contribution in [2.45, 2.75) is 39.3 Å². The van der Waals surface area contributed by atoms with Gasteiger partial charge in [-0.3, -0.25) is 14.6 Å². The lowest BCUT2D eigenvalue weighted by Crippen LogP contribution is -2.52. The summed E-state index contributed by atoms with van der Waals surface area (Å²) >= 11 is 5.84. The quantitative estimate of drug-likeness (QED) is 0.733. The van der Waals surface area contributed by atoms with E-state index in [2.05, 4.69) is 4.98 Å². The second-order valence-corrected chi connectivity index (χ2v) is 8.07. The smallest absolute Gasteiger partial charge is 0.253 e. The molecule has 2 heterocycles. The highest BCUT2D eigenvalue weighted by molar-refractivity contribution is 6.31. The van der Waals surface area contributed by atoms with Crippen LogP contribution in [-0.4, -0.2) is 45.7 Å². The van der Waals surface area contributed by atoms with Crippen LogP contribution in [0.15, 0.2) is 42.7 Å². The Morgan fingerprint density at radius 3 is 2.79 bits per heavy atom. The molecule has 0 spiro atoms. The Kier molecular flexibility index (Phi) is 6.85. The summed E-state index contributed by atoms with van der Waals surface area (Å²) < 4.78 is 13.4. The third-order valence-corrected chi connectivity index (χ3v) is 5.43. The number of aromatic nitrogens is 1. The van der Waals surface area contributed by atoms with E-state index in [1.54, 1.807) is 17.3 Å². The van der Waals surface area contributed by atoms with Crippen molar-refractivity contribution in [1.29, 1.82) is 0 Å². The minimum Gasteiger partial charge on any atom is -0.337 e. The molecule has 2 amide bonds. The molecule has 1 aliphatic rings. The van der Waals surface area contributed by atoms with Crippen LogP contribution in [0.4, 0.5) is 4.39 Å². The molecular weight excluding hydrogens is 393 g/mol. The molecule has 2 aromatic rings. The molecule has 7 heteroatoms. The first-order valence-corrected chi connectivity index (χ1v) is 10.2. The van der Waals surface area contributed by atoms with E-state index in [1.165, 1.54) is 18.2 Å². The van der Waals surface area contributed by atoms with Crippen molar-refractivity contribution in [3.63, 3.8) is 0 Å². The van der Waals surface area contributed by atoms with Crippen molar-refractivity contribution in [3.05, 3.63) is 64.7 Å². The Hall–Kier alpha value is -2.47.